The van der Waals surface area contributed by atoms with Crippen LogP contribution in [0.15, 0.2) is 72.8 Å². The molecule has 0 bridgehead atoms. The summed E-state index contributed by atoms with van der Waals surface area (Å²) < 4.78 is 0. The Morgan fingerprint density at radius 2 is 0.625 bits per heavy atom. The molecule has 0 amide bonds. The first kappa shape index (κ1) is 22.0. The minimum absolute atomic E-state index is 0.112. The third kappa shape index (κ3) is 4.24. The molecule has 0 unspecified atom stereocenters. The van der Waals surface area contributed by atoms with Gasteiger partial charge in [-0.15, -0.1) is 0 Å². The Labute approximate surface area is 180 Å². The molecular formula is C24H16O8. The van der Waals surface area contributed by atoms with E-state index in [0.717, 1.165) is 0 Å². The molecule has 0 heterocycles. The lowest BCUT2D eigenvalue weighted by Crippen LogP contribution is -2.02. The summed E-state index contributed by atoms with van der Waals surface area (Å²) in [5, 5.41) is 37.6. The molecule has 4 aromatic carbocycles. The fourth-order valence-electron chi connectivity index (χ4n) is 3.36. The highest BCUT2D eigenvalue weighted by molar-refractivity contribution is 6.11. The van der Waals surface area contributed by atoms with E-state index in [1.807, 2.05) is 0 Å². The Bertz CT molecular complexity index is 1220. The van der Waals surface area contributed by atoms with Crippen LogP contribution in [0.4, 0.5) is 0 Å². The van der Waals surface area contributed by atoms with Crippen LogP contribution in [0.25, 0.3) is 21.5 Å². The number of carboxylic acids is 4. The standard InChI is InChI=1S/2C12H8O4/c13-11(14)9-5-1-3-7-8(9)4-2-6-10(7)12(15)16;13-11(14)9-5-6-10(12(15)16)8-4-2-1-3-7(8)9/h2*1-6H,(H,13,14)(H,15,16). The third-order valence-electron chi connectivity index (χ3n) is 4.77. The molecule has 4 N–H and O–H groups in total. The molecule has 0 saturated heterocycles. The van der Waals surface area contributed by atoms with E-state index >= 15 is 0 Å². The van der Waals surface area contributed by atoms with Crippen molar-refractivity contribution in [3.8, 4) is 0 Å². The van der Waals surface area contributed by atoms with E-state index in [0.29, 0.717) is 21.5 Å². The smallest absolute Gasteiger partial charge is 0.336 e. The van der Waals surface area contributed by atoms with Gasteiger partial charge < -0.3 is 20.4 Å². The summed E-state index contributed by atoms with van der Waals surface area (Å²) in [7, 11) is 0. The zero-order valence-corrected chi connectivity index (χ0v) is 16.4. The first-order valence-corrected chi connectivity index (χ1v) is 9.19. The fraction of sp³-hybridized carbons (Fsp3) is 0. The molecule has 0 aliphatic heterocycles. The summed E-state index contributed by atoms with van der Waals surface area (Å²) in [6.45, 7) is 0. The molecule has 0 aliphatic rings. The lowest BCUT2D eigenvalue weighted by Gasteiger charge is -2.05. The summed E-state index contributed by atoms with van der Waals surface area (Å²) in [6, 6.07) is 18.4. The number of benzene rings is 4. The molecule has 32 heavy (non-hydrogen) atoms. The van der Waals surface area contributed by atoms with Crippen LogP contribution in [-0.4, -0.2) is 44.3 Å². The molecule has 0 radical (unpaired) electrons. The summed E-state index contributed by atoms with van der Waals surface area (Å²) >= 11 is 0. The van der Waals surface area contributed by atoms with E-state index in [2.05, 4.69) is 0 Å². The highest BCUT2D eigenvalue weighted by atomic mass is 16.4. The van der Waals surface area contributed by atoms with Gasteiger partial charge in [-0.2, -0.15) is 0 Å². The number of aromatic carboxylic acids is 4. The van der Waals surface area contributed by atoms with Crippen LogP contribution in [0.2, 0.25) is 0 Å². The van der Waals surface area contributed by atoms with E-state index < -0.39 is 23.9 Å². The fourth-order valence-corrected chi connectivity index (χ4v) is 3.36. The SMILES string of the molecule is O=C(O)c1ccc(C(=O)O)c2ccccc12.O=C(O)c1cccc2c(C(=O)O)cccc12. The minimum Gasteiger partial charge on any atom is -0.478 e. The van der Waals surface area contributed by atoms with Crippen molar-refractivity contribution in [2.75, 3.05) is 0 Å². The maximum absolute atomic E-state index is 10.9. The molecule has 0 fully saturated rings. The molecule has 4 aromatic rings. The van der Waals surface area contributed by atoms with Gasteiger partial charge in [-0.05, 0) is 45.8 Å². The molecule has 8 heteroatoms. The van der Waals surface area contributed by atoms with Crippen molar-refractivity contribution < 1.29 is 39.6 Å². The Morgan fingerprint density at radius 3 is 0.906 bits per heavy atom. The molecule has 0 atom stereocenters. The van der Waals surface area contributed by atoms with Crippen molar-refractivity contribution in [3.63, 3.8) is 0 Å². The molecule has 0 aromatic heterocycles. The van der Waals surface area contributed by atoms with Gasteiger partial charge in [-0.3, -0.25) is 0 Å². The van der Waals surface area contributed by atoms with Crippen molar-refractivity contribution in [1.82, 2.24) is 0 Å². The Hall–Kier alpha value is -4.72. The van der Waals surface area contributed by atoms with Crippen molar-refractivity contribution in [3.05, 3.63) is 95.1 Å². The first-order chi connectivity index (χ1) is 15.2. The Kier molecular flexibility index (Phi) is 6.16. The number of rotatable bonds is 4. The normalized spacial score (nSPS) is 10.2. The number of hydrogen-bond acceptors (Lipinski definition) is 4. The average molecular weight is 432 g/mol. The molecule has 0 aliphatic carbocycles. The van der Waals surface area contributed by atoms with Crippen LogP contribution < -0.4 is 0 Å². The van der Waals surface area contributed by atoms with Crippen molar-refractivity contribution in [2.45, 2.75) is 0 Å². The average Bonchev–Trinajstić information content (AvgIpc) is 2.77. The second kappa shape index (κ2) is 8.97. The summed E-state index contributed by atoms with van der Waals surface area (Å²) in [4.78, 5) is 43.8. The van der Waals surface area contributed by atoms with Crippen LogP contribution in [0, 0.1) is 0 Å². The number of carbonyl (C=O) groups is 4. The Morgan fingerprint density at radius 1 is 0.375 bits per heavy atom. The van der Waals surface area contributed by atoms with Crippen LogP contribution in [0.3, 0.4) is 0 Å². The van der Waals surface area contributed by atoms with Crippen LogP contribution >= 0.6 is 0 Å². The molecule has 0 saturated carbocycles. The van der Waals surface area contributed by atoms with Gasteiger partial charge in [0.25, 0.3) is 0 Å². The monoisotopic (exact) mass is 432 g/mol. The molecular weight excluding hydrogens is 416 g/mol. The summed E-state index contributed by atoms with van der Waals surface area (Å²) in [5.74, 6) is -4.25. The van der Waals surface area contributed by atoms with Crippen molar-refractivity contribution in [1.29, 1.82) is 0 Å². The number of fused-ring (bicyclic) bond motifs is 2. The van der Waals surface area contributed by atoms with E-state index in [4.69, 9.17) is 20.4 Å². The highest BCUT2D eigenvalue weighted by Gasteiger charge is 2.14. The van der Waals surface area contributed by atoms with Crippen LogP contribution in [-0.2, 0) is 0 Å². The topological polar surface area (TPSA) is 149 Å². The summed E-state index contributed by atoms with van der Waals surface area (Å²) in [5.41, 5.74) is 0.447. The predicted octanol–water partition coefficient (Wildman–Crippen LogP) is 4.47. The van der Waals surface area contributed by atoms with Gasteiger partial charge in [0, 0.05) is 0 Å². The molecule has 8 nitrogen and oxygen atoms in total. The minimum atomic E-state index is -1.06. The largest absolute Gasteiger partial charge is 0.478 e. The lowest BCUT2D eigenvalue weighted by atomic mass is 10.00. The third-order valence-corrected chi connectivity index (χ3v) is 4.77. The molecule has 0 spiro atoms. The van der Waals surface area contributed by atoms with E-state index in [1.165, 1.54) is 36.4 Å². The van der Waals surface area contributed by atoms with Gasteiger partial charge >= 0.3 is 23.9 Å². The van der Waals surface area contributed by atoms with Gasteiger partial charge in [-0.25, -0.2) is 19.2 Å². The van der Waals surface area contributed by atoms with Gasteiger partial charge in [0.05, 0.1) is 22.3 Å². The quantitative estimate of drug-likeness (QED) is 0.369. The van der Waals surface area contributed by atoms with Crippen molar-refractivity contribution >= 4 is 45.4 Å². The van der Waals surface area contributed by atoms with Crippen molar-refractivity contribution in [2.24, 2.45) is 0 Å². The zero-order valence-electron chi connectivity index (χ0n) is 16.4. The van der Waals surface area contributed by atoms with Crippen LogP contribution in [0.1, 0.15) is 41.4 Å². The number of hydrogen-bond donors (Lipinski definition) is 4. The maximum atomic E-state index is 10.9. The zero-order chi connectivity index (χ0) is 23.4. The van der Waals surface area contributed by atoms with E-state index in [9.17, 15) is 19.2 Å². The second-order valence-corrected chi connectivity index (χ2v) is 6.63. The number of carboxylic acid groups (broad SMARTS) is 4. The molecule has 160 valence electrons. The molecule has 4 rings (SSSR count). The maximum Gasteiger partial charge on any atom is 0.336 e. The van der Waals surface area contributed by atoms with Crippen LogP contribution in [0.5, 0.6) is 0 Å². The Balaban J connectivity index is 0.000000181. The predicted molar refractivity (Wildman–Crippen MR) is 116 cm³/mol. The van der Waals surface area contributed by atoms with Gasteiger partial charge in [0.2, 0.25) is 0 Å². The van der Waals surface area contributed by atoms with E-state index in [-0.39, 0.29) is 22.3 Å². The van der Waals surface area contributed by atoms with Gasteiger partial charge in [-0.1, -0.05) is 48.5 Å². The summed E-state index contributed by atoms with van der Waals surface area (Å²) in [6.07, 6.45) is 0. The highest BCUT2D eigenvalue weighted by Crippen LogP contribution is 2.23. The second-order valence-electron chi connectivity index (χ2n) is 6.63. The van der Waals surface area contributed by atoms with E-state index in [1.54, 1.807) is 36.4 Å². The van der Waals surface area contributed by atoms with Gasteiger partial charge in [0.15, 0.2) is 0 Å². The lowest BCUT2D eigenvalue weighted by molar-refractivity contribution is 0.0684. The van der Waals surface area contributed by atoms with Gasteiger partial charge in [0.1, 0.15) is 0 Å². The first-order valence-electron chi connectivity index (χ1n) is 9.19.